The van der Waals surface area contributed by atoms with Crippen LogP contribution in [0, 0.1) is 0 Å². The number of aromatic amines is 1. The minimum Gasteiger partial charge on any atom is -0.344 e. The maximum Gasteiger partial charge on any atom is 0.180 e. The lowest BCUT2D eigenvalue weighted by Gasteiger charge is -2.17. The van der Waals surface area contributed by atoms with E-state index in [0.29, 0.717) is 22.4 Å². The van der Waals surface area contributed by atoms with Gasteiger partial charge in [-0.3, -0.25) is 4.79 Å². The fourth-order valence-corrected chi connectivity index (χ4v) is 5.29. The van der Waals surface area contributed by atoms with Crippen LogP contribution in [0.5, 0.6) is 0 Å². The van der Waals surface area contributed by atoms with E-state index >= 15 is 0 Å². The molecule has 8 heteroatoms. The summed E-state index contributed by atoms with van der Waals surface area (Å²) in [5.74, 6) is 0.0321. The molecule has 0 spiro atoms. The zero-order valence-electron chi connectivity index (χ0n) is 19.1. The number of rotatable bonds is 6. The van der Waals surface area contributed by atoms with Crippen LogP contribution in [0.3, 0.4) is 0 Å². The number of Topliss-reactive ketones (excluding diaryl/α,β-unsaturated/α-hetero) is 1. The Morgan fingerprint density at radius 1 is 1.09 bits per heavy atom. The number of sulfone groups is 1. The first-order valence-electron chi connectivity index (χ1n) is 11.4. The molecule has 0 saturated heterocycles. The average molecular weight is 475 g/mol. The van der Waals surface area contributed by atoms with Crippen LogP contribution in [0.2, 0.25) is 0 Å². The smallest absolute Gasteiger partial charge is 0.180 e. The molecular formula is C26H26N4O3S. The zero-order valence-corrected chi connectivity index (χ0v) is 19.9. The van der Waals surface area contributed by atoms with Gasteiger partial charge in [0.05, 0.1) is 22.0 Å². The lowest BCUT2D eigenvalue weighted by molar-refractivity contribution is 0.0993. The molecule has 2 aromatic carbocycles. The van der Waals surface area contributed by atoms with Crippen molar-refractivity contribution in [3.8, 4) is 11.3 Å². The summed E-state index contributed by atoms with van der Waals surface area (Å²) in [6, 6.07) is 12.6. The topological polar surface area (TPSA) is 105 Å². The van der Waals surface area contributed by atoms with Crippen molar-refractivity contribution in [2.45, 2.75) is 43.4 Å². The van der Waals surface area contributed by atoms with Crippen molar-refractivity contribution in [2.75, 3.05) is 6.54 Å². The number of benzene rings is 2. The normalized spacial score (nSPS) is 13.9. The highest BCUT2D eigenvalue weighted by atomic mass is 32.2. The van der Waals surface area contributed by atoms with Crippen LogP contribution in [0.25, 0.3) is 22.4 Å². The molecule has 0 atom stereocenters. The first-order valence-corrected chi connectivity index (χ1v) is 12.9. The molecule has 1 aliphatic heterocycles. The molecule has 4 aromatic rings. The number of aromatic nitrogens is 3. The van der Waals surface area contributed by atoms with E-state index in [-0.39, 0.29) is 17.1 Å². The van der Waals surface area contributed by atoms with Crippen molar-refractivity contribution >= 4 is 26.8 Å². The van der Waals surface area contributed by atoms with Crippen molar-refractivity contribution in [3.05, 3.63) is 77.1 Å². The molecule has 0 radical (unpaired) electrons. The van der Waals surface area contributed by atoms with Crippen LogP contribution in [0.1, 0.15) is 40.9 Å². The number of nitrogens with zero attached hydrogens (tertiary/aromatic N) is 2. The van der Waals surface area contributed by atoms with E-state index in [9.17, 15) is 13.2 Å². The monoisotopic (exact) mass is 474 g/mol. The van der Waals surface area contributed by atoms with Gasteiger partial charge < -0.3 is 10.3 Å². The molecule has 0 saturated carbocycles. The van der Waals surface area contributed by atoms with Crippen LogP contribution < -0.4 is 5.32 Å². The SMILES string of the molecule is CC(C)S(=O)(=O)c1ccc(-c2cnc3[nH]cc(CC(=O)c4ccc5c(c4)CNCC5)c3n2)cc1. The van der Waals surface area contributed by atoms with Crippen LogP contribution in [0.15, 0.2) is 59.8 Å². The first-order chi connectivity index (χ1) is 16.3. The Kier molecular flexibility index (Phi) is 5.79. The highest BCUT2D eigenvalue weighted by molar-refractivity contribution is 7.92. The van der Waals surface area contributed by atoms with Crippen molar-refractivity contribution in [1.29, 1.82) is 0 Å². The number of carbonyl (C=O) groups is 1. The predicted octanol–water partition coefficient (Wildman–Crippen LogP) is 3.88. The Balaban J connectivity index is 1.42. The Labute approximate surface area is 198 Å². The van der Waals surface area contributed by atoms with Crippen molar-refractivity contribution in [3.63, 3.8) is 0 Å². The number of carbonyl (C=O) groups excluding carboxylic acids is 1. The fourth-order valence-electron chi connectivity index (χ4n) is 4.23. The van der Waals surface area contributed by atoms with Gasteiger partial charge in [-0.15, -0.1) is 0 Å². The second kappa shape index (κ2) is 8.77. The summed E-state index contributed by atoms with van der Waals surface area (Å²) in [5, 5.41) is 2.86. The average Bonchev–Trinajstić information content (AvgIpc) is 3.25. The minimum atomic E-state index is -3.34. The zero-order chi connectivity index (χ0) is 23.9. The molecule has 0 bridgehead atoms. The molecule has 34 heavy (non-hydrogen) atoms. The second-order valence-corrected chi connectivity index (χ2v) is 11.4. The van der Waals surface area contributed by atoms with E-state index in [1.165, 1.54) is 11.1 Å². The standard InChI is InChI=1S/C26H26N4O3S/c1-16(2)34(32,33)22-7-5-18(6-8-22)23-15-29-26-25(30-23)21(14-28-26)12-24(31)19-4-3-17-9-10-27-13-20(17)11-19/h3-8,11,14-16,27H,9-10,12-13H2,1-2H3,(H,28,29). The third kappa shape index (κ3) is 4.15. The largest absolute Gasteiger partial charge is 0.344 e. The summed E-state index contributed by atoms with van der Waals surface area (Å²) in [7, 11) is -3.34. The van der Waals surface area contributed by atoms with Gasteiger partial charge >= 0.3 is 0 Å². The summed E-state index contributed by atoms with van der Waals surface area (Å²) in [4.78, 5) is 25.6. The summed E-state index contributed by atoms with van der Waals surface area (Å²) >= 11 is 0. The molecule has 2 aromatic heterocycles. The third-order valence-electron chi connectivity index (χ3n) is 6.32. The maximum atomic E-state index is 13.0. The molecule has 174 valence electrons. The number of ketones is 1. The van der Waals surface area contributed by atoms with Gasteiger partial charge in [0.15, 0.2) is 21.3 Å². The predicted molar refractivity (Wildman–Crippen MR) is 132 cm³/mol. The molecule has 5 rings (SSSR count). The van der Waals surface area contributed by atoms with Crippen LogP contribution in [0.4, 0.5) is 0 Å². The third-order valence-corrected chi connectivity index (χ3v) is 8.50. The molecule has 3 heterocycles. The van der Waals surface area contributed by atoms with Gasteiger partial charge in [0.1, 0.15) is 5.52 Å². The van der Waals surface area contributed by atoms with Crippen molar-refractivity contribution < 1.29 is 13.2 Å². The van der Waals surface area contributed by atoms with Gasteiger partial charge in [-0.05, 0) is 56.1 Å². The summed E-state index contributed by atoms with van der Waals surface area (Å²) in [5.41, 5.74) is 6.59. The highest BCUT2D eigenvalue weighted by Crippen LogP contribution is 2.25. The van der Waals surface area contributed by atoms with E-state index in [1.54, 1.807) is 50.5 Å². The van der Waals surface area contributed by atoms with Crippen molar-refractivity contribution in [2.24, 2.45) is 0 Å². The molecule has 0 aliphatic carbocycles. The summed E-state index contributed by atoms with van der Waals surface area (Å²) in [6.07, 6.45) is 4.63. The van der Waals surface area contributed by atoms with Gasteiger partial charge in [0.2, 0.25) is 0 Å². The van der Waals surface area contributed by atoms with Crippen LogP contribution >= 0.6 is 0 Å². The number of H-pyrrole nitrogens is 1. The van der Waals surface area contributed by atoms with Gasteiger partial charge in [-0.2, -0.15) is 0 Å². The first kappa shape index (κ1) is 22.4. The van der Waals surface area contributed by atoms with Crippen LogP contribution in [-0.2, 0) is 29.2 Å². The lowest BCUT2D eigenvalue weighted by Crippen LogP contribution is -2.23. The molecule has 7 nitrogen and oxygen atoms in total. The summed E-state index contributed by atoms with van der Waals surface area (Å²) < 4.78 is 24.8. The maximum absolute atomic E-state index is 13.0. The second-order valence-electron chi connectivity index (χ2n) is 8.89. The Morgan fingerprint density at radius 3 is 2.65 bits per heavy atom. The van der Waals surface area contributed by atoms with E-state index in [1.807, 2.05) is 12.1 Å². The van der Waals surface area contributed by atoms with Gasteiger partial charge in [-0.1, -0.05) is 24.3 Å². The number of hydrogen-bond donors (Lipinski definition) is 2. The van der Waals surface area contributed by atoms with Crippen LogP contribution in [-0.4, -0.2) is 40.9 Å². The van der Waals surface area contributed by atoms with Gasteiger partial charge in [-0.25, -0.2) is 18.4 Å². The number of hydrogen-bond acceptors (Lipinski definition) is 6. The minimum absolute atomic E-state index is 0.0321. The van der Waals surface area contributed by atoms with E-state index < -0.39 is 15.1 Å². The van der Waals surface area contributed by atoms with E-state index in [0.717, 1.165) is 30.6 Å². The fraction of sp³-hybridized carbons (Fsp3) is 0.269. The Morgan fingerprint density at radius 2 is 1.88 bits per heavy atom. The molecule has 0 unspecified atom stereocenters. The molecular weight excluding hydrogens is 448 g/mol. The molecule has 0 fully saturated rings. The quantitative estimate of drug-likeness (QED) is 0.411. The van der Waals surface area contributed by atoms with E-state index in [2.05, 4.69) is 21.4 Å². The lowest BCUT2D eigenvalue weighted by atomic mass is 9.95. The number of nitrogens with one attached hydrogen (secondary N) is 2. The van der Waals surface area contributed by atoms with Crippen molar-refractivity contribution in [1.82, 2.24) is 20.3 Å². The Bertz CT molecular complexity index is 1490. The van der Waals surface area contributed by atoms with E-state index in [4.69, 9.17) is 4.98 Å². The molecule has 2 N–H and O–H groups in total. The molecule has 1 aliphatic rings. The highest BCUT2D eigenvalue weighted by Gasteiger charge is 2.20. The van der Waals surface area contributed by atoms with Gasteiger partial charge in [0, 0.05) is 35.9 Å². The number of fused-ring (bicyclic) bond motifs is 2. The summed E-state index contributed by atoms with van der Waals surface area (Å²) in [6.45, 7) is 5.08. The Hall–Kier alpha value is -3.36. The molecule has 0 amide bonds. The van der Waals surface area contributed by atoms with Gasteiger partial charge in [0.25, 0.3) is 0 Å².